The van der Waals surface area contributed by atoms with Gasteiger partial charge >= 0.3 is 0 Å². The van der Waals surface area contributed by atoms with Crippen LogP contribution in [0.1, 0.15) is 23.0 Å². The van der Waals surface area contributed by atoms with Gasteiger partial charge in [0.1, 0.15) is 0 Å². The molecule has 0 saturated carbocycles. The number of morpholine rings is 1. The average Bonchev–Trinajstić information content (AvgIpc) is 2.72. The van der Waals surface area contributed by atoms with E-state index in [1.165, 1.54) is 10.6 Å². The highest BCUT2D eigenvalue weighted by Gasteiger charge is 2.27. The Labute approximate surface area is 105 Å². The van der Waals surface area contributed by atoms with Crippen molar-refractivity contribution in [2.24, 2.45) is 0 Å². The first kappa shape index (κ1) is 11.4. The van der Waals surface area contributed by atoms with Gasteiger partial charge in [-0.15, -0.1) is 11.3 Å². The van der Waals surface area contributed by atoms with E-state index in [9.17, 15) is 0 Å². The van der Waals surface area contributed by atoms with Crippen molar-refractivity contribution in [1.82, 2.24) is 15.6 Å². The number of hydrogen-bond donors (Lipinski definition) is 3. The normalized spacial score (nSPS) is 28.9. The van der Waals surface area contributed by atoms with Gasteiger partial charge in [-0.25, -0.2) is 4.98 Å². The van der Waals surface area contributed by atoms with Gasteiger partial charge in [0, 0.05) is 37.0 Å². The molecule has 17 heavy (non-hydrogen) atoms. The predicted molar refractivity (Wildman–Crippen MR) is 68.2 cm³/mol. The molecular weight excluding hydrogens is 236 g/mol. The van der Waals surface area contributed by atoms with Crippen molar-refractivity contribution in [3.8, 4) is 0 Å². The topological polar surface area (TPSA) is 72.2 Å². The summed E-state index contributed by atoms with van der Waals surface area (Å²) >= 11 is 1.62. The first-order chi connectivity index (χ1) is 8.33. The smallest absolute Gasteiger partial charge is 0.180 e. The standard InChI is InChI=1S/C11H18N4OS/c12-11-15-8-1-2-14-9(10(8)17-11)5-7-6-13-3-4-16-7/h7,9,13-14H,1-6H2,(H2,12,15). The van der Waals surface area contributed by atoms with E-state index >= 15 is 0 Å². The third-order valence-corrected chi connectivity index (χ3v) is 4.36. The summed E-state index contributed by atoms with van der Waals surface area (Å²) in [5, 5.41) is 7.59. The van der Waals surface area contributed by atoms with E-state index < -0.39 is 0 Å². The largest absolute Gasteiger partial charge is 0.376 e. The zero-order valence-corrected chi connectivity index (χ0v) is 10.6. The van der Waals surface area contributed by atoms with Crippen molar-refractivity contribution in [1.29, 1.82) is 0 Å². The highest BCUT2D eigenvalue weighted by atomic mass is 32.1. The van der Waals surface area contributed by atoms with Crippen LogP contribution in [0.15, 0.2) is 0 Å². The Kier molecular flexibility index (Phi) is 3.28. The van der Waals surface area contributed by atoms with Gasteiger partial charge in [-0.3, -0.25) is 0 Å². The molecule has 0 bridgehead atoms. The summed E-state index contributed by atoms with van der Waals surface area (Å²) < 4.78 is 5.75. The van der Waals surface area contributed by atoms with Gasteiger partial charge in [-0.1, -0.05) is 0 Å². The van der Waals surface area contributed by atoms with E-state index in [1.807, 2.05) is 0 Å². The molecule has 1 saturated heterocycles. The monoisotopic (exact) mass is 254 g/mol. The van der Waals surface area contributed by atoms with Gasteiger partial charge in [-0.2, -0.15) is 0 Å². The molecule has 2 unspecified atom stereocenters. The lowest BCUT2D eigenvalue weighted by Crippen LogP contribution is -2.41. The van der Waals surface area contributed by atoms with E-state index in [4.69, 9.17) is 10.5 Å². The number of anilines is 1. The van der Waals surface area contributed by atoms with Crippen LogP contribution in [0, 0.1) is 0 Å². The van der Waals surface area contributed by atoms with Crippen LogP contribution in [-0.2, 0) is 11.2 Å². The summed E-state index contributed by atoms with van der Waals surface area (Å²) in [4.78, 5) is 5.70. The van der Waals surface area contributed by atoms with E-state index in [0.717, 1.165) is 39.1 Å². The molecule has 6 heteroatoms. The molecule has 2 aliphatic heterocycles. The molecule has 1 aromatic rings. The van der Waals surface area contributed by atoms with Crippen LogP contribution < -0.4 is 16.4 Å². The van der Waals surface area contributed by atoms with Crippen LogP contribution in [0.4, 0.5) is 5.13 Å². The second kappa shape index (κ2) is 4.89. The molecule has 0 aliphatic carbocycles. The van der Waals surface area contributed by atoms with Crippen molar-refractivity contribution >= 4 is 16.5 Å². The SMILES string of the molecule is Nc1nc2c(s1)C(CC1CNCCO1)NCC2. The number of thiazole rings is 1. The van der Waals surface area contributed by atoms with Gasteiger partial charge in [0.2, 0.25) is 0 Å². The quantitative estimate of drug-likeness (QED) is 0.707. The number of fused-ring (bicyclic) bond motifs is 1. The fourth-order valence-electron chi connectivity index (χ4n) is 2.52. The maximum Gasteiger partial charge on any atom is 0.180 e. The minimum absolute atomic E-state index is 0.301. The van der Waals surface area contributed by atoms with E-state index in [0.29, 0.717) is 17.3 Å². The maximum absolute atomic E-state index is 5.79. The van der Waals surface area contributed by atoms with Gasteiger partial charge in [0.15, 0.2) is 5.13 Å². The highest BCUT2D eigenvalue weighted by molar-refractivity contribution is 7.15. The lowest BCUT2D eigenvalue weighted by Gasteiger charge is -2.29. The molecule has 0 amide bonds. The van der Waals surface area contributed by atoms with Crippen LogP contribution in [0.5, 0.6) is 0 Å². The summed E-state index contributed by atoms with van der Waals surface area (Å²) in [5.74, 6) is 0. The minimum atomic E-state index is 0.301. The Bertz CT molecular complexity index is 389. The summed E-state index contributed by atoms with van der Waals surface area (Å²) in [6, 6.07) is 0.360. The fraction of sp³-hybridized carbons (Fsp3) is 0.727. The number of nitrogens with two attached hydrogens (primary N) is 1. The van der Waals surface area contributed by atoms with Crippen molar-refractivity contribution in [2.45, 2.75) is 25.0 Å². The summed E-state index contributed by atoms with van der Waals surface area (Å²) in [5.41, 5.74) is 6.97. The molecule has 0 aromatic carbocycles. The Balaban J connectivity index is 1.71. The highest BCUT2D eigenvalue weighted by Crippen LogP contribution is 2.33. The first-order valence-corrected chi connectivity index (χ1v) is 6.95. The zero-order valence-electron chi connectivity index (χ0n) is 9.74. The second-order valence-electron chi connectivity index (χ2n) is 4.55. The van der Waals surface area contributed by atoms with Crippen LogP contribution in [-0.4, -0.2) is 37.3 Å². The van der Waals surface area contributed by atoms with Crippen molar-refractivity contribution < 1.29 is 4.74 Å². The van der Waals surface area contributed by atoms with E-state index in [2.05, 4.69) is 15.6 Å². The fourth-order valence-corrected chi connectivity index (χ4v) is 3.48. The number of rotatable bonds is 2. The molecule has 0 spiro atoms. The molecule has 94 valence electrons. The second-order valence-corrected chi connectivity index (χ2v) is 5.61. The summed E-state index contributed by atoms with van der Waals surface area (Å²) in [6.07, 6.45) is 2.29. The predicted octanol–water partition coefficient (Wildman–Crippen LogP) is 0.291. The van der Waals surface area contributed by atoms with Crippen LogP contribution in [0.3, 0.4) is 0 Å². The Morgan fingerprint density at radius 1 is 1.47 bits per heavy atom. The first-order valence-electron chi connectivity index (χ1n) is 6.13. The van der Waals surface area contributed by atoms with E-state index in [1.54, 1.807) is 11.3 Å². The number of hydrogen-bond acceptors (Lipinski definition) is 6. The maximum atomic E-state index is 5.79. The van der Waals surface area contributed by atoms with Gasteiger partial charge in [0.05, 0.1) is 18.4 Å². The molecule has 4 N–H and O–H groups in total. The van der Waals surface area contributed by atoms with Crippen LogP contribution in [0.2, 0.25) is 0 Å². The van der Waals surface area contributed by atoms with Crippen molar-refractivity contribution in [3.05, 3.63) is 10.6 Å². The Hall–Kier alpha value is -0.690. The van der Waals surface area contributed by atoms with Gasteiger partial charge < -0.3 is 21.1 Å². The van der Waals surface area contributed by atoms with Crippen LogP contribution in [0.25, 0.3) is 0 Å². The molecular formula is C11H18N4OS. The lowest BCUT2D eigenvalue weighted by atomic mass is 10.0. The van der Waals surface area contributed by atoms with Gasteiger partial charge in [0.25, 0.3) is 0 Å². The number of nitrogens with zero attached hydrogens (tertiary/aromatic N) is 1. The Morgan fingerprint density at radius 3 is 3.24 bits per heavy atom. The molecule has 1 fully saturated rings. The lowest BCUT2D eigenvalue weighted by molar-refractivity contribution is 0.0170. The molecule has 3 heterocycles. The molecule has 3 rings (SSSR count). The summed E-state index contributed by atoms with van der Waals surface area (Å²) in [6.45, 7) is 3.71. The molecule has 5 nitrogen and oxygen atoms in total. The average molecular weight is 254 g/mol. The summed E-state index contributed by atoms with van der Waals surface area (Å²) in [7, 11) is 0. The van der Waals surface area contributed by atoms with Crippen molar-refractivity contribution in [3.63, 3.8) is 0 Å². The molecule has 1 aromatic heterocycles. The third-order valence-electron chi connectivity index (χ3n) is 3.32. The Morgan fingerprint density at radius 2 is 2.41 bits per heavy atom. The number of nitrogen functional groups attached to an aromatic ring is 1. The van der Waals surface area contributed by atoms with Gasteiger partial charge in [-0.05, 0) is 6.42 Å². The third kappa shape index (κ3) is 2.44. The number of ether oxygens (including phenoxy) is 1. The van der Waals surface area contributed by atoms with E-state index in [-0.39, 0.29) is 0 Å². The van der Waals surface area contributed by atoms with Crippen LogP contribution >= 0.6 is 11.3 Å². The van der Waals surface area contributed by atoms with Crippen molar-refractivity contribution in [2.75, 3.05) is 32.0 Å². The number of aromatic nitrogens is 1. The molecule has 2 atom stereocenters. The zero-order chi connectivity index (χ0) is 11.7. The minimum Gasteiger partial charge on any atom is -0.376 e. The number of nitrogens with one attached hydrogen (secondary N) is 2. The molecule has 2 aliphatic rings. The molecule has 0 radical (unpaired) electrons.